The number of piperidine rings is 1. The Hall–Kier alpha value is -0.0800. The quantitative estimate of drug-likeness (QED) is 0.732. The van der Waals surface area contributed by atoms with Crippen LogP contribution in [0.15, 0.2) is 0 Å². The van der Waals surface area contributed by atoms with Crippen LogP contribution in [-0.2, 0) is 0 Å². The fourth-order valence-electron chi connectivity index (χ4n) is 2.99. The molecule has 0 radical (unpaired) electrons. The van der Waals surface area contributed by atoms with Gasteiger partial charge < -0.3 is 10.0 Å². The average molecular weight is 197 g/mol. The molecule has 0 aromatic rings. The van der Waals surface area contributed by atoms with Crippen LogP contribution in [0.2, 0.25) is 0 Å². The Balaban J connectivity index is 1.78. The summed E-state index contributed by atoms with van der Waals surface area (Å²) in [5.41, 5.74) is 0. The van der Waals surface area contributed by atoms with E-state index in [9.17, 15) is 5.11 Å². The second kappa shape index (κ2) is 4.63. The number of aliphatic hydroxyl groups is 1. The smallest absolute Gasteiger partial charge is 0.0555 e. The molecule has 2 atom stereocenters. The molecule has 2 fully saturated rings. The summed E-state index contributed by atoms with van der Waals surface area (Å²) in [5, 5.41) is 9.50. The minimum absolute atomic E-state index is 0.0103. The van der Waals surface area contributed by atoms with Gasteiger partial charge in [-0.3, -0.25) is 0 Å². The molecule has 1 heterocycles. The van der Waals surface area contributed by atoms with Gasteiger partial charge in [0.25, 0.3) is 0 Å². The Kier molecular flexibility index (Phi) is 3.45. The van der Waals surface area contributed by atoms with Crippen molar-refractivity contribution in [1.82, 2.24) is 4.90 Å². The van der Waals surface area contributed by atoms with Crippen molar-refractivity contribution >= 4 is 0 Å². The molecule has 2 nitrogen and oxygen atoms in total. The fraction of sp³-hybridized carbons (Fsp3) is 1.00. The number of nitrogens with zero attached hydrogens (tertiary/aromatic N) is 1. The zero-order valence-electron chi connectivity index (χ0n) is 9.28. The van der Waals surface area contributed by atoms with Crippen molar-refractivity contribution in [2.45, 2.75) is 57.6 Å². The molecule has 1 aliphatic carbocycles. The van der Waals surface area contributed by atoms with Crippen molar-refractivity contribution in [2.24, 2.45) is 5.92 Å². The highest BCUT2D eigenvalue weighted by atomic mass is 16.3. The normalized spacial score (nSPS) is 36.4. The van der Waals surface area contributed by atoms with Crippen LogP contribution in [-0.4, -0.2) is 35.2 Å². The van der Waals surface area contributed by atoms with Crippen molar-refractivity contribution in [3.05, 3.63) is 0 Å². The predicted molar refractivity (Wildman–Crippen MR) is 58.2 cm³/mol. The first-order chi connectivity index (χ1) is 6.79. The summed E-state index contributed by atoms with van der Waals surface area (Å²) in [6.07, 6.45) is 7.37. The van der Waals surface area contributed by atoms with Gasteiger partial charge in [0.05, 0.1) is 6.10 Å². The lowest BCUT2D eigenvalue weighted by molar-refractivity contribution is 0.115. The third kappa shape index (κ3) is 2.29. The van der Waals surface area contributed by atoms with E-state index in [4.69, 9.17) is 0 Å². The van der Waals surface area contributed by atoms with Crippen molar-refractivity contribution in [1.29, 1.82) is 0 Å². The molecule has 0 bridgehead atoms. The zero-order valence-corrected chi connectivity index (χ0v) is 9.28. The van der Waals surface area contributed by atoms with E-state index in [0.717, 1.165) is 18.8 Å². The van der Waals surface area contributed by atoms with Crippen LogP contribution in [0.4, 0.5) is 0 Å². The van der Waals surface area contributed by atoms with Crippen LogP contribution in [0.1, 0.15) is 45.4 Å². The second-order valence-electron chi connectivity index (χ2n) is 5.01. The van der Waals surface area contributed by atoms with Gasteiger partial charge in [-0.2, -0.15) is 0 Å². The number of aliphatic hydroxyl groups excluding tert-OH is 1. The van der Waals surface area contributed by atoms with E-state index in [1.54, 1.807) is 0 Å². The molecule has 2 rings (SSSR count). The maximum Gasteiger partial charge on any atom is 0.0555 e. The molecular formula is C12H23NO. The highest BCUT2D eigenvalue weighted by Gasteiger charge is 2.30. The Morgan fingerprint density at radius 2 is 1.86 bits per heavy atom. The second-order valence-corrected chi connectivity index (χ2v) is 5.01. The number of hydrogen-bond donors (Lipinski definition) is 1. The van der Waals surface area contributed by atoms with Crippen molar-refractivity contribution in [3.63, 3.8) is 0 Å². The van der Waals surface area contributed by atoms with Gasteiger partial charge in [-0.25, -0.2) is 0 Å². The van der Waals surface area contributed by atoms with E-state index in [1.807, 2.05) is 0 Å². The minimum atomic E-state index is -0.0103. The predicted octanol–water partition coefficient (Wildman–Crippen LogP) is 2.02. The van der Waals surface area contributed by atoms with Crippen LogP contribution >= 0.6 is 0 Å². The Bertz CT molecular complexity index is 175. The highest BCUT2D eigenvalue weighted by molar-refractivity contribution is 4.85. The monoisotopic (exact) mass is 197 g/mol. The average Bonchev–Trinajstić information content (AvgIpc) is 2.65. The first-order valence-electron chi connectivity index (χ1n) is 6.21. The summed E-state index contributed by atoms with van der Waals surface area (Å²) in [6.45, 7) is 4.85. The van der Waals surface area contributed by atoms with E-state index >= 15 is 0 Å². The SMILES string of the molecule is CCC1CCN(C2CCC(O)C2)CC1. The lowest BCUT2D eigenvalue weighted by Crippen LogP contribution is -2.40. The topological polar surface area (TPSA) is 23.5 Å². The molecule has 1 N–H and O–H groups in total. The van der Waals surface area contributed by atoms with Crippen LogP contribution in [0.3, 0.4) is 0 Å². The molecule has 0 spiro atoms. The number of likely N-dealkylation sites (tertiary alicyclic amines) is 1. The number of hydrogen-bond acceptors (Lipinski definition) is 2. The van der Waals surface area contributed by atoms with Gasteiger partial charge in [0, 0.05) is 6.04 Å². The summed E-state index contributed by atoms with van der Waals surface area (Å²) in [5.74, 6) is 0.970. The standard InChI is InChI=1S/C12H23NO/c1-2-10-5-7-13(8-6-10)11-3-4-12(14)9-11/h10-12,14H,2-9H2,1H3. The van der Waals surface area contributed by atoms with Crippen molar-refractivity contribution in [2.75, 3.05) is 13.1 Å². The molecule has 1 saturated carbocycles. The van der Waals surface area contributed by atoms with E-state index < -0.39 is 0 Å². The molecule has 14 heavy (non-hydrogen) atoms. The van der Waals surface area contributed by atoms with Crippen LogP contribution < -0.4 is 0 Å². The van der Waals surface area contributed by atoms with Gasteiger partial charge in [-0.1, -0.05) is 13.3 Å². The molecule has 2 aliphatic rings. The molecule has 0 aromatic carbocycles. The summed E-state index contributed by atoms with van der Waals surface area (Å²) in [7, 11) is 0. The summed E-state index contributed by atoms with van der Waals surface area (Å²) >= 11 is 0. The molecule has 2 unspecified atom stereocenters. The van der Waals surface area contributed by atoms with Gasteiger partial charge in [-0.05, 0) is 51.1 Å². The summed E-state index contributed by atoms with van der Waals surface area (Å²) in [6, 6.07) is 0.697. The molecule has 0 amide bonds. The van der Waals surface area contributed by atoms with Crippen LogP contribution in [0, 0.1) is 5.92 Å². The van der Waals surface area contributed by atoms with Gasteiger partial charge in [-0.15, -0.1) is 0 Å². The molecular weight excluding hydrogens is 174 g/mol. The lowest BCUT2D eigenvalue weighted by atomic mass is 9.93. The largest absolute Gasteiger partial charge is 0.393 e. The first-order valence-corrected chi connectivity index (χ1v) is 6.21. The Morgan fingerprint density at radius 1 is 1.14 bits per heavy atom. The van der Waals surface area contributed by atoms with Gasteiger partial charge in [0.2, 0.25) is 0 Å². The van der Waals surface area contributed by atoms with Crippen LogP contribution in [0.25, 0.3) is 0 Å². The summed E-state index contributed by atoms with van der Waals surface area (Å²) in [4.78, 5) is 2.61. The van der Waals surface area contributed by atoms with Gasteiger partial charge >= 0.3 is 0 Å². The molecule has 1 saturated heterocycles. The molecule has 82 valence electrons. The Labute approximate surface area is 87.3 Å². The lowest BCUT2D eigenvalue weighted by Gasteiger charge is -2.35. The third-order valence-electron chi connectivity index (χ3n) is 4.12. The minimum Gasteiger partial charge on any atom is -0.393 e. The first kappa shape index (κ1) is 10.4. The van der Waals surface area contributed by atoms with E-state index in [2.05, 4.69) is 11.8 Å². The summed E-state index contributed by atoms with van der Waals surface area (Å²) < 4.78 is 0. The Morgan fingerprint density at radius 3 is 2.36 bits per heavy atom. The zero-order chi connectivity index (χ0) is 9.97. The highest BCUT2D eigenvalue weighted by Crippen LogP contribution is 2.28. The molecule has 1 aliphatic heterocycles. The number of rotatable bonds is 2. The van der Waals surface area contributed by atoms with Crippen molar-refractivity contribution in [3.8, 4) is 0 Å². The van der Waals surface area contributed by atoms with Gasteiger partial charge in [0.15, 0.2) is 0 Å². The molecule has 0 aromatic heterocycles. The van der Waals surface area contributed by atoms with Gasteiger partial charge in [0.1, 0.15) is 0 Å². The maximum absolute atomic E-state index is 9.50. The molecule has 2 heteroatoms. The maximum atomic E-state index is 9.50. The van der Waals surface area contributed by atoms with Crippen LogP contribution in [0.5, 0.6) is 0 Å². The van der Waals surface area contributed by atoms with Crippen molar-refractivity contribution < 1.29 is 5.11 Å². The van der Waals surface area contributed by atoms with E-state index in [0.29, 0.717) is 6.04 Å². The fourth-order valence-corrected chi connectivity index (χ4v) is 2.99. The third-order valence-corrected chi connectivity index (χ3v) is 4.12. The van der Waals surface area contributed by atoms with E-state index in [-0.39, 0.29) is 6.10 Å². The van der Waals surface area contributed by atoms with E-state index in [1.165, 1.54) is 38.8 Å².